The van der Waals surface area contributed by atoms with Gasteiger partial charge in [-0.05, 0) is 31.6 Å². The van der Waals surface area contributed by atoms with Crippen LogP contribution in [0.4, 0.5) is 4.79 Å². The molecule has 0 aromatic heterocycles. The van der Waals surface area contributed by atoms with Crippen LogP contribution in [0.25, 0.3) is 0 Å². The quantitative estimate of drug-likeness (QED) is 0.832. The van der Waals surface area contributed by atoms with Crippen LogP contribution in [-0.4, -0.2) is 41.6 Å². The molecule has 0 radical (unpaired) electrons. The van der Waals surface area contributed by atoms with Crippen LogP contribution in [0.1, 0.15) is 51.9 Å². The fourth-order valence-corrected chi connectivity index (χ4v) is 3.42. The Bertz CT molecular complexity index is 356. The van der Waals surface area contributed by atoms with E-state index in [4.69, 9.17) is 0 Å². The van der Waals surface area contributed by atoms with Crippen LogP contribution >= 0.6 is 0 Å². The largest absolute Gasteiger partial charge is 0.481 e. The lowest BCUT2D eigenvalue weighted by Gasteiger charge is -2.33. The minimum absolute atomic E-state index is 0.0907. The molecule has 5 heteroatoms. The third-order valence-corrected chi connectivity index (χ3v) is 5.07. The molecule has 1 saturated carbocycles. The SMILES string of the molecule is CCC1CCN(C(=O)NCC2(C(=O)O)CCCC2)CC1. The van der Waals surface area contributed by atoms with Crippen LogP contribution in [0.3, 0.4) is 0 Å². The van der Waals surface area contributed by atoms with Crippen molar-refractivity contribution in [1.82, 2.24) is 10.2 Å². The topological polar surface area (TPSA) is 69.6 Å². The van der Waals surface area contributed by atoms with Crippen molar-refractivity contribution in [2.75, 3.05) is 19.6 Å². The molecule has 1 aliphatic heterocycles. The van der Waals surface area contributed by atoms with Crippen molar-refractivity contribution in [3.05, 3.63) is 0 Å². The van der Waals surface area contributed by atoms with Gasteiger partial charge < -0.3 is 15.3 Å². The second-order valence-electron chi connectivity index (χ2n) is 6.29. The number of amides is 2. The maximum Gasteiger partial charge on any atom is 0.317 e. The van der Waals surface area contributed by atoms with Gasteiger partial charge in [0.2, 0.25) is 0 Å². The molecule has 0 spiro atoms. The number of nitrogens with zero attached hydrogens (tertiary/aromatic N) is 1. The Morgan fingerprint density at radius 1 is 1.25 bits per heavy atom. The molecule has 0 unspecified atom stereocenters. The Morgan fingerprint density at radius 2 is 1.85 bits per heavy atom. The lowest BCUT2D eigenvalue weighted by molar-refractivity contribution is -0.148. The Hall–Kier alpha value is -1.26. The maximum atomic E-state index is 12.1. The standard InChI is InChI=1S/C15H26N2O3/c1-2-12-5-9-17(10-6-12)14(20)16-11-15(13(18)19)7-3-4-8-15/h12H,2-11H2,1H3,(H,16,20)(H,18,19). The smallest absolute Gasteiger partial charge is 0.317 e. The fourth-order valence-electron chi connectivity index (χ4n) is 3.42. The van der Waals surface area contributed by atoms with Gasteiger partial charge in [-0.1, -0.05) is 26.2 Å². The number of carboxylic acids is 1. The predicted octanol–water partition coefficient (Wildman–Crippen LogP) is 2.46. The molecule has 1 aliphatic carbocycles. The van der Waals surface area contributed by atoms with E-state index in [1.54, 1.807) is 0 Å². The molecule has 1 heterocycles. The van der Waals surface area contributed by atoms with E-state index in [1.807, 2.05) is 4.90 Å². The van der Waals surface area contributed by atoms with E-state index < -0.39 is 11.4 Å². The number of nitrogens with one attached hydrogen (secondary N) is 1. The van der Waals surface area contributed by atoms with Crippen molar-refractivity contribution in [2.45, 2.75) is 51.9 Å². The molecular formula is C15H26N2O3. The van der Waals surface area contributed by atoms with Gasteiger partial charge in [-0.3, -0.25) is 4.79 Å². The summed E-state index contributed by atoms with van der Waals surface area (Å²) in [5.41, 5.74) is -0.725. The number of hydrogen-bond acceptors (Lipinski definition) is 2. The highest BCUT2D eigenvalue weighted by Gasteiger charge is 2.41. The molecule has 0 aromatic carbocycles. The van der Waals surface area contributed by atoms with Gasteiger partial charge in [-0.25, -0.2) is 4.79 Å². The Balaban J connectivity index is 1.81. The van der Waals surface area contributed by atoms with Gasteiger partial charge in [0.25, 0.3) is 0 Å². The summed E-state index contributed by atoms with van der Waals surface area (Å²) < 4.78 is 0. The summed E-state index contributed by atoms with van der Waals surface area (Å²) in [5, 5.41) is 12.2. The molecule has 2 aliphatic rings. The summed E-state index contributed by atoms with van der Waals surface area (Å²) in [6.07, 6.45) is 6.56. The summed E-state index contributed by atoms with van der Waals surface area (Å²) in [4.78, 5) is 25.4. The number of piperidine rings is 1. The number of carbonyl (C=O) groups excluding carboxylic acids is 1. The van der Waals surface area contributed by atoms with Gasteiger partial charge in [0, 0.05) is 19.6 Å². The Labute approximate surface area is 120 Å². The average Bonchev–Trinajstić information content (AvgIpc) is 2.95. The van der Waals surface area contributed by atoms with E-state index in [9.17, 15) is 14.7 Å². The van der Waals surface area contributed by atoms with E-state index in [0.29, 0.717) is 12.8 Å². The number of hydrogen-bond donors (Lipinski definition) is 2. The van der Waals surface area contributed by atoms with Gasteiger partial charge in [-0.2, -0.15) is 0 Å². The second-order valence-corrected chi connectivity index (χ2v) is 6.29. The molecule has 1 saturated heterocycles. The van der Waals surface area contributed by atoms with Crippen LogP contribution in [-0.2, 0) is 4.79 Å². The van der Waals surface area contributed by atoms with E-state index in [0.717, 1.165) is 44.7 Å². The zero-order chi connectivity index (χ0) is 14.6. The zero-order valence-electron chi connectivity index (χ0n) is 12.4. The Kier molecular flexibility index (Phi) is 4.89. The highest BCUT2D eigenvalue weighted by Crippen LogP contribution is 2.37. The average molecular weight is 282 g/mol. The monoisotopic (exact) mass is 282 g/mol. The maximum absolute atomic E-state index is 12.1. The van der Waals surface area contributed by atoms with Gasteiger partial charge in [-0.15, -0.1) is 0 Å². The number of urea groups is 1. The second kappa shape index (κ2) is 6.46. The summed E-state index contributed by atoms with van der Waals surface area (Å²) in [7, 11) is 0. The van der Waals surface area contributed by atoms with E-state index in [-0.39, 0.29) is 12.6 Å². The van der Waals surface area contributed by atoms with Crippen molar-refractivity contribution in [1.29, 1.82) is 0 Å². The molecule has 0 atom stereocenters. The normalized spacial score (nSPS) is 22.8. The number of likely N-dealkylation sites (tertiary alicyclic amines) is 1. The van der Waals surface area contributed by atoms with Crippen molar-refractivity contribution in [3.8, 4) is 0 Å². The van der Waals surface area contributed by atoms with Gasteiger partial charge in [0.1, 0.15) is 0 Å². The molecule has 0 aromatic rings. The van der Waals surface area contributed by atoms with Crippen LogP contribution in [0.15, 0.2) is 0 Å². The highest BCUT2D eigenvalue weighted by atomic mass is 16.4. The number of carbonyl (C=O) groups is 2. The van der Waals surface area contributed by atoms with Crippen molar-refractivity contribution in [3.63, 3.8) is 0 Å². The van der Waals surface area contributed by atoms with E-state index >= 15 is 0 Å². The van der Waals surface area contributed by atoms with Crippen LogP contribution in [0.5, 0.6) is 0 Å². The number of aliphatic carboxylic acids is 1. The minimum atomic E-state index is -0.764. The Morgan fingerprint density at radius 3 is 2.35 bits per heavy atom. The van der Waals surface area contributed by atoms with Crippen molar-refractivity contribution in [2.24, 2.45) is 11.3 Å². The van der Waals surface area contributed by atoms with Gasteiger partial charge >= 0.3 is 12.0 Å². The first-order chi connectivity index (χ1) is 9.57. The lowest BCUT2D eigenvalue weighted by Crippen LogP contribution is -2.48. The lowest BCUT2D eigenvalue weighted by atomic mass is 9.86. The molecular weight excluding hydrogens is 256 g/mol. The van der Waals surface area contributed by atoms with Crippen LogP contribution < -0.4 is 5.32 Å². The first-order valence-corrected chi connectivity index (χ1v) is 7.83. The van der Waals surface area contributed by atoms with Gasteiger partial charge in [0.05, 0.1) is 5.41 Å². The highest BCUT2D eigenvalue weighted by molar-refractivity contribution is 5.78. The van der Waals surface area contributed by atoms with Crippen LogP contribution in [0.2, 0.25) is 0 Å². The van der Waals surface area contributed by atoms with Gasteiger partial charge in [0.15, 0.2) is 0 Å². The number of carboxylic acid groups (broad SMARTS) is 1. The molecule has 5 nitrogen and oxygen atoms in total. The first-order valence-electron chi connectivity index (χ1n) is 7.83. The molecule has 20 heavy (non-hydrogen) atoms. The molecule has 2 fully saturated rings. The van der Waals surface area contributed by atoms with Crippen LogP contribution in [0, 0.1) is 11.3 Å². The predicted molar refractivity (Wildman–Crippen MR) is 76.5 cm³/mol. The fraction of sp³-hybridized carbons (Fsp3) is 0.867. The van der Waals surface area contributed by atoms with E-state index in [1.165, 1.54) is 6.42 Å². The summed E-state index contributed by atoms with van der Waals surface area (Å²) >= 11 is 0. The zero-order valence-corrected chi connectivity index (χ0v) is 12.4. The molecule has 2 amide bonds. The molecule has 114 valence electrons. The van der Waals surface area contributed by atoms with Crippen molar-refractivity contribution < 1.29 is 14.7 Å². The van der Waals surface area contributed by atoms with E-state index in [2.05, 4.69) is 12.2 Å². The summed E-state index contributed by atoms with van der Waals surface area (Å²) in [6, 6.07) is -0.0907. The third-order valence-electron chi connectivity index (χ3n) is 5.07. The first kappa shape index (κ1) is 15.1. The molecule has 2 rings (SSSR count). The summed E-state index contributed by atoms with van der Waals surface area (Å²) in [6.45, 7) is 4.06. The molecule has 0 bridgehead atoms. The molecule has 2 N–H and O–H groups in total. The van der Waals surface area contributed by atoms with Crippen molar-refractivity contribution >= 4 is 12.0 Å². The summed E-state index contributed by atoms with van der Waals surface area (Å²) in [5.74, 6) is -0.0285. The minimum Gasteiger partial charge on any atom is -0.481 e. The third kappa shape index (κ3) is 3.25. The number of rotatable bonds is 4.